The molecule has 0 atom stereocenters. The van der Waals surface area contributed by atoms with E-state index in [4.69, 9.17) is 5.26 Å². The van der Waals surface area contributed by atoms with Gasteiger partial charge >= 0.3 is 0 Å². The number of rotatable bonds is 2. The Kier molecular flexibility index (Phi) is 2.76. The van der Waals surface area contributed by atoms with Crippen molar-refractivity contribution in [2.24, 2.45) is 0 Å². The Bertz CT molecular complexity index is 764. The number of benzene rings is 1. The molecule has 2 aromatic heterocycles. The molecule has 0 saturated carbocycles. The van der Waals surface area contributed by atoms with Crippen LogP contribution in [0.5, 0.6) is 0 Å². The molecule has 0 radical (unpaired) electrons. The standard InChI is InChI=1S/C13H11N5S/c1-8(2)18-11-4-3-9(6-14)5-10(11)16-13(18)12-7-15-17-19-12/h3-5,7-8H,1-2H3. The number of nitrogens with zero attached hydrogens (tertiary/aromatic N) is 5. The van der Waals surface area contributed by atoms with Gasteiger partial charge in [-0.15, -0.1) is 5.10 Å². The van der Waals surface area contributed by atoms with Gasteiger partial charge in [-0.05, 0) is 43.6 Å². The van der Waals surface area contributed by atoms with Crippen LogP contribution in [0.2, 0.25) is 0 Å². The average molecular weight is 269 g/mol. The summed E-state index contributed by atoms with van der Waals surface area (Å²) >= 11 is 1.32. The first-order valence-electron chi connectivity index (χ1n) is 5.90. The number of nitriles is 1. The SMILES string of the molecule is CC(C)n1c(-c2cnns2)nc2cc(C#N)ccc21. The molecular formula is C13H11N5S. The Labute approximate surface area is 114 Å². The zero-order valence-corrected chi connectivity index (χ0v) is 11.3. The van der Waals surface area contributed by atoms with Crippen molar-refractivity contribution in [3.05, 3.63) is 30.0 Å². The van der Waals surface area contributed by atoms with Gasteiger partial charge in [-0.25, -0.2) is 4.98 Å². The van der Waals surface area contributed by atoms with E-state index in [1.54, 1.807) is 6.20 Å². The van der Waals surface area contributed by atoms with Gasteiger partial charge in [-0.1, -0.05) is 4.49 Å². The summed E-state index contributed by atoms with van der Waals surface area (Å²) < 4.78 is 6.03. The molecular weight excluding hydrogens is 258 g/mol. The highest BCUT2D eigenvalue weighted by atomic mass is 32.1. The van der Waals surface area contributed by atoms with Crippen LogP contribution >= 0.6 is 11.5 Å². The molecule has 94 valence electrons. The van der Waals surface area contributed by atoms with Crippen LogP contribution < -0.4 is 0 Å². The number of hydrogen-bond donors (Lipinski definition) is 0. The number of imidazole rings is 1. The molecule has 19 heavy (non-hydrogen) atoms. The molecule has 0 unspecified atom stereocenters. The fraction of sp³-hybridized carbons (Fsp3) is 0.231. The second kappa shape index (κ2) is 4.44. The fourth-order valence-corrected chi connectivity index (χ4v) is 2.63. The first-order chi connectivity index (χ1) is 9.20. The predicted molar refractivity (Wildman–Crippen MR) is 73.7 cm³/mol. The third kappa shape index (κ3) is 1.88. The molecule has 3 aromatic rings. The second-order valence-electron chi connectivity index (χ2n) is 4.50. The van der Waals surface area contributed by atoms with Crippen LogP contribution in [0.4, 0.5) is 0 Å². The predicted octanol–water partition coefficient (Wildman–Crippen LogP) is 3.01. The van der Waals surface area contributed by atoms with E-state index in [-0.39, 0.29) is 6.04 Å². The van der Waals surface area contributed by atoms with Crippen LogP contribution in [-0.4, -0.2) is 19.1 Å². The number of aromatic nitrogens is 4. The lowest BCUT2D eigenvalue weighted by molar-refractivity contribution is 0.625. The van der Waals surface area contributed by atoms with E-state index in [1.165, 1.54) is 11.5 Å². The molecule has 0 N–H and O–H groups in total. The normalized spacial score (nSPS) is 11.1. The first-order valence-corrected chi connectivity index (χ1v) is 6.68. The third-order valence-electron chi connectivity index (χ3n) is 2.92. The second-order valence-corrected chi connectivity index (χ2v) is 5.28. The largest absolute Gasteiger partial charge is 0.321 e. The van der Waals surface area contributed by atoms with Gasteiger partial charge in [-0.2, -0.15) is 5.26 Å². The van der Waals surface area contributed by atoms with Crippen LogP contribution in [0.15, 0.2) is 24.4 Å². The van der Waals surface area contributed by atoms with E-state index < -0.39 is 0 Å². The van der Waals surface area contributed by atoms with Gasteiger partial charge in [0.1, 0.15) is 4.88 Å². The minimum Gasteiger partial charge on any atom is -0.321 e. The highest BCUT2D eigenvalue weighted by Crippen LogP contribution is 2.29. The van der Waals surface area contributed by atoms with Crippen LogP contribution in [0.25, 0.3) is 21.7 Å². The van der Waals surface area contributed by atoms with Gasteiger partial charge in [0.25, 0.3) is 0 Å². The van der Waals surface area contributed by atoms with Crippen LogP contribution in [0.1, 0.15) is 25.5 Å². The van der Waals surface area contributed by atoms with Gasteiger partial charge in [0.05, 0.1) is 28.9 Å². The number of fused-ring (bicyclic) bond motifs is 1. The smallest absolute Gasteiger partial charge is 0.154 e. The van der Waals surface area contributed by atoms with Crippen molar-refractivity contribution < 1.29 is 0 Å². The summed E-state index contributed by atoms with van der Waals surface area (Å²) in [7, 11) is 0. The van der Waals surface area contributed by atoms with Gasteiger partial charge in [0, 0.05) is 6.04 Å². The maximum atomic E-state index is 8.96. The molecule has 0 spiro atoms. The minimum absolute atomic E-state index is 0.273. The minimum atomic E-state index is 0.273. The van der Waals surface area contributed by atoms with Gasteiger partial charge in [0.2, 0.25) is 0 Å². The molecule has 1 aromatic carbocycles. The Morgan fingerprint density at radius 2 is 2.21 bits per heavy atom. The molecule has 2 heterocycles. The molecule has 0 amide bonds. The van der Waals surface area contributed by atoms with Gasteiger partial charge in [-0.3, -0.25) is 0 Å². The van der Waals surface area contributed by atoms with Crippen LogP contribution in [-0.2, 0) is 0 Å². The van der Waals surface area contributed by atoms with Crippen molar-refractivity contribution in [3.8, 4) is 16.8 Å². The Hall–Kier alpha value is -2.26. The van der Waals surface area contributed by atoms with Crippen molar-refractivity contribution in [1.82, 2.24) is 19.1 Å². The molecule has 0 saturated heterocycles. The summed E-state index contributed by atoms with van der Waals surface area (Å²) in [6, 6.07) is 7.99. The Balaban J connectivity index is 2.33. The molecule has 0 aliphatic heterocycles. The van der Waals surface area contributed by atoms with Crippen molar-refractivity contribution in [3.63, 3.8) is 0 Å². The molecule has 5 nitrogen and oxygen atoms in total. The van der Waals surface area contributed by atoms with Crippen molar-refractivity contribution in [1.29, 1.82) is 5.26 Å². The Morgan fingerprint density at radius 3 is 2.84 bits per heavy atom. The number of hydrogen-bond acceptors (Lipinski definition) is 5. The molecule has 3 rings (SSSR count). The highest BCUT2D eigenvalue weighted by Gasteiger charge is 2.16. The Morgan fingerprint density at radius 1 is 1.37 bits per heavy atom. The molecule has 0 fully saturated rings. The van der Waals surface area contributed by atoms with Gasteiger partial charge in [0.15, 0.2) is 5.82 Å². The summed E-state index contributed by atoms with van der Waals surface area (Å²) in [6.45, 7) is 4.22. The molecule has 0 aliphatic carbocycles. The van der Waals surface area contributed by atoms with E-state index in [0.29, 0.717) is 5.56 Å². The van der Waals surface area contributed by atoms with E-state index in [1.807, 2.05) is 18.2 Å². The van der Waals surface area contributed by atoms with E-state index in [9.17, 15) is 0 Å². The summed E-state index contributed by atoms with van der Waals surface area (Å²) in [5.74, 6) is 0.857. The van der Waals surface area contributed by atoms with E-state index in [2.05, 4.69) is 39.1 Å². The summed E-state index contributed by atoms with van der Waals surface area (Å²) in [4.78, 5) is 5.56. The monoisotopic (exact) mass is 269 g/mol. The first kappa shape index (κ1) is 11.8. The van der Waals surface area contributed by atoms with Gasteiger partial charge < -0.3 is 4.57 Å². The van der Waals surface area contributed by atoms with Crippen LogP contribution in [0, 0.1) is 11.3 Å². The molecule has 6 heteroatoms. The fourth-order valence-electron chi connectivity index (χ4n) is 2.13. The summed E-state index contributed by atoms with van der Waals surface area (Å²) in [5, 5.41) is 12.8. The van der Waals surface area contributed by atoms with Crippen molar-refractivity contribution >= 4 is 22.6 Å². The molecule has 0 bridgehead atoms. The lowest BCUT2D eigenvalue weighted by atomic mass is 10.2. The topological polar surface area (TPSA) is 67.4 Å². The zero-order valence-electron chi connectivity index (χ0n) is 10.5. The van der Waals surface area contributed by atoms with Crippen LogP contribution in [0.3, 0.4) is 0 Å². The maximum Gasteiger partial charge on any atom is 0.154 e. The lowest BCUT2D eigenvalue weighted by Gasteiger charge is -2.11. The third-order valence-corrected chi connectivity index (χ3v) is 3.58. The van der Waals surface area contributed by atoms with E-state index >= 15 is 0 Å². The lowest BCUT2D eigenvalue weighted by Crippen LogP contribution is -2.02. The summed E-state index contributed by atoms with van der Waals surface area (Å²) in [6.07, 6.45) is 1.72. The average Bonchev–Trinajstić information content (AvgIpc) is 3.04. The quantitative estimate of drug-likeness (QED) is 0.717. The maximum absolute atomic E-state index is 8.96. The van der Waals surface area contributed by atoms with E-state index in [0.717, 1.165) is 21.7 Å². The van der Waals surface area contributed by atoms with Crippen molar-refractivity contribution in [2.45, 2.75) is 19.9 Å². The highest BCUT2D eigenvalue weighted by molar-refractivity contribution is 7.09. The molecule has 0 aliphatic rings. The van der Waals surface area contributed by atoms with Crippen molar-refractivity contribution in [2.75, 3.05) is 0 Å². The zero-order chi connectivity index (χ0) is 13.4. The summed E-state index contributed by atoms with van der Waals surface area (Å²) in [5.41, 5.74) is 2.48.